The molecule has 0 aromatic heterocycles. The standard InChI is InChI=1S/C15H20ClN.HI/c1-10-6-7-11(2)14-13(10)12(3)17(9-8-16)15(14,4)5;/h6-7H,3,8-9H2,1-2,4-5H3;1H. The zero-order chi connectivity index (χ0) is 12.8. The molecule has 1 aromatic carbocycles. The Kier molecular flexibility index (Phi) is 4.76. The van der Waals surface area contributed by atoms with Gasteiger partial charge in [-0.3, -0.25) is 0 Å². The Morgan fingerprint density at radius 1 is 1.22 bits per heavy atom. The van der Waals surface area contributed by atoms with Gasteiger partial charge in [-0.05, 0) is 44.4 Å². The van der Waals surface area contributed by atoms with Crippen LogP contribution in [0.25, 0.3) is 5.70 Å². The van der Waals surface area contributed by atoms with E-state index in [9.17, 15) is 0 Å². The van der Waals surface area contributed by atoms with Crippen LogP contribution in [0.2, 0.25) is 0 Å². The molecule has 0 radical (unpaired) electrons. The second-order valence-corrected chi connectivity index (χ2v) is 5.67. The summed E-state index contributed by atoms with van der Waals surface area (Å²) in [5, 5.41) is 0. The molecule has 1 aliphatic rings. The number of hydrogen-bond acceptors (Lipinski definition) is 1. The van der Waals surface area contributed by atoms with E-state index in [1.807, 2.05) is 0 Å². The maximum absolute atomic E-state index is 5.91. The van der Waals surface area contributed by atoms with Crippen LogP contribution >= 0.6 is 35.6 Å². The van der Waals surface area contributed by atoms with Crippen LogP contribution in [0.15, 0.2) is 18.7 Å². The molecule has 0 unspecified atom stereocenters. The Hall–Kier alpha value is -0.220. The first-order chi connectivity index (χ1) is 7.91. The molecular weight excluding hydrogens is 357 g/mol. The SMILES string of the molecule is C=C1c2c(C)ccc(C)c2C(C)(C)N1CCCl.I. The summed E-state index contributed by atoms with van der Waals surface area (Å²) in [6, 6.07) is 4.38. The van der Waals surface area contributed by atoms with Crippen LogP contribution in [0.5, 0.6) is 0 Å². The fourth-order valence-electron chi connectivity index (χ4n) is 3.08. The lowest BCUT2D eigenvalue weighted by Gasteiger charge is -2.35. The van der Waals surface area contributed by atoms with E-state index < -0.39 is 0 Å². The van der Waals surface area contributed by atoms with E-state index in [1.165, 1.54) is 22.3 Å². The lowest BCUT2D eigenvalue weighted by molar-refractivity contribution is 0.230. The molecule has 1 aliphatic heterocycles. The molecular formula is C15H21ClIN. The van der Waals surface area contributed by atoms with Crippen molar-refractivity contribution in [1.82, 2.24) is 4.90 Å². The molecule has 0 saturated heterocycles. The van der Waals surface area contributed by atoms with Gasteiger partial charge >= 0.3 is 0 Å². The highest BCUT2D eigenvalue weighted by Gasteiger charge is 2.40. The number of alkyl halides is 1. The highest BCUT2D eigenvalue weighted by molar-refractivity contribution is 14.0. The summed E-state index contributed by atoms with van der Waals surface area (Å²) < 4.78 is 0. The van der Waals surface area contributed by atoms with E-state index in [1.54, 1.807) is 0 Å². The van der Waals surface area contributed by atoms with E-state index in [0.717, 1.165) is 12.2 Å². The molecule has 2 rings (SSSR count). The minimum atomic E-state index is -0.00257. The molecule has 0 saturated carbocycles. The molecule has 0 atom stereocenters. The van der Waals surface area contributed by atoms with Gasteiger partial charge in [0.2, 0.25) is 0 Å². The first-order valence-electron chi connectivity index (χ1n) is 6.04. The Morgan fingerprint density at radius 2 is 1.78 bits per heavy atom. The zero-order valence-electron chi connectivity index (χ0n) is 11.5. The van der Waals surface area contributed by atoms with Crippen molar-refractivity contribution in [3.63, 3.8) is 0 Å². The van der Waals surface area contributed by atoms with Crippen LogP contribution in [0.4, 0.5) is 0 Å². The van der Waals surface area contributed by atoms with Crippen LogP contribution in [0.1, 0.15) is 36.1 Å². The lowest BCUT2D eigenvalue weighted by Crippen LogP contribution is -2.36. The van der Waals surface area contributed by atoms with Gasteiger partial charge in [-0.15, -0.1) is 35.6 Å². The molecule has 0 spiro atoms. The van der Waals surface area contributed by atoms with Crippen molar-refractivity contribution in [1.29, 1.82) is 0 Å². The van der Waals surface area contributed by atoms with Crippen molar-refractivity contribution < 1.29 is 0 Å². The molecule has 1 heterocycles. The lowest BCUT2D eigenvalue weighted by atomic mass is 9.88. The third kappa shape index (κ3) is 2.18. The van der Waals surface area contributed by atoms with E-state index in [0.29, 0.717) is 5.88 Å². The second kappa shape index (κ2) is 5.41. The van der Waals surface area contributed by atoms with Gasteiger partial charge < -0.3 is 4.90 Å². The Bertz CT molecular complexity index is 480. The van der Waals surface area contributed by atoms with Gasteiger partial charge in [0.25, 0.3) is 0 Å². The molecule has 1 aromatic rings. The third-order valence-electron chi connectivity index (χ3n) is 3.83. The summed E-state index contributed by atoms with van der Waals surface area (Å²) in [5.41, 5.74) is 6.49. The summed E-state index contributed by atoms with van der Waals surface area (Å²) in [6.45, 7) is 13.9. The first kappa shape index (κ1) is 15.8. The van der Waals surface area contributed by atoms with E-state index in [4.69, 9.17) is 11.6 Å². The molecule has 1 nitrogen and oxygen atoms in total. The summed E-state index contributed by atoms with van der Waals surface area (Å²) in [4.78, 5) is 2.32. The van der Waals surface area contributed by atoms with Gasteiger partial charge in [0.15, 0.2) is 0 Å². The molecule has 0 N–H and O–H groups in total. The molecule has 0 fully saturated rings. The Labute approximate surface area is 132 Å². The first-order valence-corrected chi connectivity index (χ1v) is 6.58. The van der Waals surface area contributed by atoms with Crippen LogP contribution in [-0.2, 0) is 5.54 Å². The molecule has 3 heteroatoms. The zero-order valence-corrected chi connectivity index (χ0v) is 14.6. The molecule has 0 amide bonds. The number of fused-ring (bicyclic) bond motifs is 1. The van der Waals surface area contributed by atoms with Crippen molar-refractivity contribution in [3.05, 3.63) is 41.0 Å². The van der Waals surface area contributed by atoms with Gasteiger partial charge in [-0.25, -0.2) is 0 Å². The van der Waals surface area contributed by atoms with Crippen molar-refractivity contribution in [2.75, 3.05) is 12.4 Å². The van der Waals surface area contributed by atoms with Gasteiger partial charge in [0.05, 0.1) is 5.54 Å². The van der Waals surface area contributed by atoms with E-state index in [2.05, 4.69) is 51.3 Å². The predicted octanol–water partition coefficient (Wildman–Crippen LogP) is 4.68. The maximum Gasteiger partial charge on any atom is 0.0607 e. The van der Waals surface area contributed by atoms with Gasteiger partial charge in [0, 0.05) is 23.7 Å². The molecule has 0 bridgehead atoms. The van der Waals surface area contributed by atoms with Crippen LogP contribution in [0.3, 0.4) is 0 Å². The van der Waals surface area contributed by atoms with Crippen LogP contribution in [-0.4, -0.2) is 17.3 Å². The summed E-state index contributed by atoms with van der Waals surface area (Å²) in [6.07, 6.45) is 0. The quantitative estimate of drug-likeness (QED) is 0.534. The Morgan fingerprint density at radius 3 is 2.28 bits per heavy atom. The van der Waals surface area contributed by atoms with Gasteiger partial charge in [-0.1, -0.05) is 18.7 Å². The molecule has 100 valence electrons. The number of hydrogen-bond donors (Lipinski definition) is 0. The largest absolute Gasteiger partial charge is 0.361 e. The van der Waals surface area contributed by atoms with Crippen LogP contribution in [0, 0.1) is 13.8 Å². The fraction of sp³-hybridized carbons (Fsp3) is 0.467. The third-order valence-corrected chi connectivity index (χ3v) is 4.00. The maximum atomic E-state index is 5.91. The Balaban J connectivity index is 0.00000162. The normalized spacial score (nSPS) is 16.5. The summed E-state index contributed by atoms with van der Waals surface area (Å²) >= 11 is 5.91. The van der Waals surface area contributed by atoms with Crippen molar-refractivity contribution in [3.8, 4) is 0 Å². The number of rotatable bonds is 2. The van der Waals surface area contributed by atoms with Crippen molar-refractivity contribution >= 4 is 41.3 Å². The minimum absolute atomic E-state index is 0. The highest BCUT2D eigenvalue weighted by Crippen LogP contribution is 2.47. The van der Waals surface area contributed by atoms with Gasteiger partial charge in [-0.2, -0.15) is 0 Å². The van der Waals surface area contributed by atoms with Crippen molar-refractivity contribution in [2.24, 2.45) is 0 Å². The van der Waals surface area contributed by atoms with E-state index >= 15 is 0 Å². The van der Waals surface area contributed by atoms with Crippen molar-refractivity contribution in [2.45, 2.75) is 33.2 Å². The average Bonchev–Trinajstić information content (AvgIpc) is 2.46. The fourth-order valence-corrected chi connectivity index (χ4v) is 3.25. The second-order valence-electron chi connectivity index (χ2n) is 5.30. The minimum Gasteiger partial charge on any atom is -0.361 e. The number of aryl methyl sites for hydroxylation is 2. The number of halogens is 2. The molecule has 18 heavy (non-hydrogen) atoms. The monoisotopic (exact) mass is 377 g/mol. The van der Waals surface area contributed by atoms with Gasteiger partial charge in [0.1, 0.15) is 0 Å². The van der Waals surface area contributed by atoms with E-state index in [-0.39, 0.29) is 29.5 Å². The summed E-state index contributed by atoms with van der Waals surface area (Å²) in [7, 11) is 0. The topological polar surface area (TPSA) is 3.24 Å². The van der Waals surface area contributed by atoms with Crippen LogP contribution < -0.4 is 0 Å². The smallest absolute Gasteiger partial charge is 0.0607 e. The average molecular weight is 378 g/mol. The number of benzene rings is 1. The highest BCUT2D eigenvalue weighted by atomic mass is 127. The number of nitrogens with zero attached hydrogens (tertiary/aromatic N) is 1. The predicted molar refractivity (Wildman–Crippen MR) is 90.8 cm³/mol. The molecule has 0 aliphatic carbocycles. The summed E-state index contributed by atoms with van der Waals surface area (Å²) in [5.74, 6) is 0.633.